The Morgan fingerprint density at radius 1 is 1.63 bits per heavy atom. The summed E-state index contributed by atoms with van der Waals surface area (Å²) in [6.07, 6.45) is 4.19. The minimum absolute atomic E-state index is 0.352. The number of amides is 1. The molecule has 0 saturated carbocycles. The number of nitrogens with zero attached hydrogens (tertiary/aromatic N) is 1. The van der Waals surface area contributed by atoms with Crippen molar-refractivity contribution in [1.82, 2.24) is 5.32 Å². The van der Waals surface area contributed by atoms with Gasteiger partial charge in [0, 0.05) is 10.6 Å². The molecule has 4 nitrogen and oxygen atoms in total. The molecule has 0 radical (unpaired) electrons. The van der Waals surface area contributed by atoms with E-state index in [4.69, 9.17) is 28.0 Å². The van der Waals surface area contributed by atoms with Crippen LogP contribution < -0.4 is 5.32 Å². The van der Waals surface area contributed by atoms with Crippen molar-refractivity contribution in [2.24, 2.45) is 0 Å². The Hall–Kier alpha value is -2.01. The van der Waals surface area contributed by atoms with E-state index in [9.17, 15) is 4.79 Å². The summed E-state index contributed by atoms with van der Waals surface area (Å²) in [5.41, 5.74) is 0.352. The van der Waals surface area contributed by atoms with Crippen LogP contribution in [0.25, 0.3) is 0 Å². The van der Waals surface area contributed by atoms with Gasteiger partial charge >= 0.3 is 0 Å². The van der Waals surface area contributed by atoms with Crippen LogP contribution in [0.5, 0.6) is 0 Å². The van der Waals surface area contributed by atoms with E-state index in [0.29, 0.717) is 17.0 Å². The summed E-state index contributed by atoms with van der Waals surface area (Å²) in [7, 11) is 0. The number of ether oxygens (including phenoxy) is 1. The number of benzene rings is 1. The molecule has 1 aromatic rings. The van der Waals surface area contributed by atoms with Crippen LogP contribution in [-0.4, -0.2) is 18.2 Å². The first-order valence-electron chi connectivity index (χ1n) is 5.68. The van der Waals surface area contributed by atoms with Crippen molar-refractivity contribution in [2.75, 3.05) is 0 Å². The lowest BCUT2D eigenvalue weighted by Crippen LogP contribution is -2.38. The lowest BCUT2D eigenvalue weighted by atomic mass is 10.2. The van der Waals surface area contributed by atoms with E-state index < -0.39 is 18.2 Å². The van der Waals surface area contributed by atoms with Crippen LogP contribution >= 0.6 is 11.6 Å². The van der Waals surface area contributed by atoms with Crippen LogP contribution in [-0.2, 0) is 4.74 Å². The molecule has 1 aromatic carbocycles. The molecule has 98 valence electrons. The van der Waals surface area contributed by atoms with Gasteiger partial charge in [0.2, 0.25) is 6.23 Å². The molecule has 1 rings (SSSR count). The molecule has 0 heterocycles. The number of nitriles is 1. The van der Waals surface area contributed by atoms with Crippen molar-refractivity contribution in [3.63, 3.8) is 0 Å². The SMILES string of the molecule is C#CC(CC)OC(C#N)NC(=O)c1cccc(Cl)c1. The van der Waals surface area contributed by atoms with Gasteiger partial charge in [0.25, 0.3) is 5.91 Å². The summed E-state index contributed by atoms with van der Waals surface area (Å²) in [5.74, 6) is 1.95. The predicted molar refractivity (Wildman–Crippen MR) is 72.3 cm³/mol. The zero-order valence-corrected chi connectivity index (χ0v) is 11.1. The first kappa shape index (κ1) is 15.0. The van der Waals surface area contributed by atoms with Crippen molar-refractivity contribution >= 4 is 17.5 Å². The zero-order valence-electron chi connectivity index (χ0n) is 10.4. The summed E-state index contributed by atoms with van der Waals surface area (Å²) >= 11 is 5.79. The predicted octanol–water partition coefficient (Wildman–Crippen LogP) is 2.35. The lowest BCUT2D eigenvalue weighted by Gasteiger charge is -2.16. The fourth-order valence-corrected chi connectivity index (χ4v) is 1.54. The molecular weight excluding hydrogens is 264 g/mol. The molecule has 0 fully saturated rings. The summed E-state index contributed by atoms with van der Waals surface area (Å²) in [6, 6.07) is 8.23. The summed E-state index contributed by atoms with van der Waals surface area (Å²) in [4.78, 5) is 11.9. The molecule has 0 bridgehead atoms. The highest BCUT2D eigenvalue weighted by Gasteiger charge is 2.16. The van der Waals surface area contributed by atoms with Gasteiger partial charge in [-0.25, -0.2) is 0 Å². The van der Waals surface area contributed by atoms with Gasteiger partial charge < -0.3 is 10.1 Å². The second kappa shape index (κ2) is 7.43. The third-order valence-electron chi connectivity index (χ3n) is 2.32. The van der Waals surface area contributed by atoms with Crippen LogP contribution in [0.15, 0.2) is 24.3 Å². The quantitative estimate of drug-likeness (QED) is 0.663. The third kappa shape index (κ3) is 4.63. The number of hydrogen-bond donors (Lipinski definition) is 1. The van der Waals surface area contributed by atoms with Gasteiger partial charge in [-0.3, -0.25) is 4.79 Å². The zero-order chi connectivity index (χ0) is 14.3. The maximum atomic E-state index is 11.9. The Balaban J connectivity index is 2.69. The minimum Gasteiger partial charge on any atom is -0.329 e. The van der Waals surface area contributed by atoms with Gasteiger partial charge in [0.15, 0.2) is 0 Å². The van der Waals surface area contributed by atoms with Crippen LogP contribution in [0.1, 0.15) is 23.7 Å². The average Bonchev–Trinajstić information content (AvgIpc) is 2.43. The Morgan fingerprint density at radius 2 is 2.37 bits per heavy atom. The van der Waals surface area contributed by atoms with E-state index in [1.807, 2.05) is 13.0 Å². The van der Waals surface area contributed by atoms with Gasteiger partial charge in [-0.1, -0.05) is 30.5 Å². The molecule has 5 heteroatoms. The van der Waals surface area contributed by atoms with E-state index in [-0.39, 0.29) is 0 Å². The van der Waals surface area contributed by atoms with Crippen LogP contribution in [0.4, 0.5) is 0 Å². The molecule has 1 amide bonds. The van der Waals surface area contributed by atoms with E-state index >= 15 is 0 Å². The molecular formula is C14H13ClN2O2. The monoisotopic (exact) mass is 276 g/mol. The number of terminal acetylenes is 1. The van der Waals surface area contributed by atoms with E-state index in [0.717, 1.165) is 0 Å². The molecule has 1 N–H and O–H groups in total. The van der Waals surface area contributed by atoms with Crippen LogP contribution in [0.2, 0.25) is 5.02 Å². The number of carbonyl (C=O) groups is 1. The molecule has 0 spiro atoms. The molecule has 0 saturated heterocycles. The number of carbonyl (C=O) groups excluding carboxylic acids is 1. The molecule has 2 atom stereocenters. The molecule has 2 unspecified atom stereocenters. The first-order valence-corrected chi connectivity index (χ1v) is 6.06. The van der Waals surface area contributed by atoms with Gasteiger partial charge in [0.05, 0.1) is 0 Å². The minimum atomic E-state index is -1.09. The number of nitrogens with one attached hydrogen (secondary N) is 1. The highest BCUT2D eigenvalue weighted by atomic mass is 35.5. The van der Waals surface area contributed by atoms with Crippen molar-refractivity contribution < 1.29 is 9.53 Å². The van der Waals surface area contributed by atoms with E-state index in [1.165, 1.54) is 6.07 Å². The second-order valence-electron chi connectivity index (χ2n) is 3.69. The molecule has 0 aromatic heterocycles. The number of halogens is 1. The normalized spacial score (nSPS) is 12.8. The van der Waals surface area contributed by atoms with Crippen LogP contribution in [0.3, 0.4) is 0 Å². The molecule has 0 aliphatic carbocycles. The highest BCUT2D eigenvalue weighted by Crippen LogP contribution is 2.11. The maximum Gasteiger partial charge on any atom is 0.254 e. The fraction of sp³-hybridized carbons (Fsp3) is 0.286. The van der Waals surface area contributed by atoms with Gasteiger partial charge in [-0.15, -0.1) is 6.42 Å². The summed E-state index contributed by atoms with van der Waals surface area (Å²) < 4.78 is 5.26. The second-order valence-corrected chi connectivity index (χ2v) is 4.13. The van der Waals surface area contributed by atoms with Crippen molar-refractivity contribution in [1.29, 1.82) is 5.26 Å². The van der Waals surface area contributed by atoms with Crippen molar-refractivity contribution in [3.05, 3.63) is 34.9 Å². The average molecular weight is 277 g/mol. The third-order valence-corrected chi connectivity index (χ3v) is 2.56. The molecule has 19 heavy (non-hydrogen) atoms. The van der Waals surface area contributed by atoms with Crippen molar-refractivity contribution in [2.45, 2.75) is 25.7 Å². The van der Waals surface area contributed by atoms with Gasteiger partial charge in [0.1, 0.15) is 12.2 Å². The number of hydrogen-bond acceptors (Lipinski definition) is 3. The van der Waals surface area contributed by atoms with E-state index in [1.54, 1.807) is 18.2 Å². The number of rotatable bonds is 5. The lowest BCUT2D eigenvalue weighted by molar-refractivity contribution is 0.0284. The molecule has 0 aliphatic heterocycles. The summed E-state index contributed by atoms with van der Waals surface area (Å²) in [6.45, 7) is 1.83. The largest absolute Gasteiger partial charge is 0.329 e. The van der Waals surface area contributed by atoms with Crippen molar-refractivity contribution in [3.8, 4) is 18.4 Å². The topological polar surface area (TPSA) is 62.1 Å². The van der Waals surface area contributed by atoms with Crippen LogP contribution in [0, 0.1) is 23.7 Å². The van der Waals surface area contributed by atoms with Gasteiger partial charge in [-0.2, -0.15) is 5.26 Å². The fourth-order valence-electron chi connectivity index (χ4n) is 1.35. The first-order chi connectivity index (χ1) is 9.10. The Labute approximate surface area is 117 Å². The highest BCUT2D eigenvalue weighted by molar-refractivity contribution is 6.30. The van der Waals surface area contributed by atoms with E-state index in [2.05, 4.69) is 11.2 Å². The summed E-state index contributed by atoms with van der Waals surface area (Å²) in [5, 5.41) is 11.8. The Kier molecular flexibility index (Phi) is 5.89. The smallest absolute Gasteiger partial charge is 0.254 e. The molecule has 0 aliphatic rings. The standard InChI is InChI=1S/C14H13ClN2O2/c1-3-12(4-2)19-13(9-16)17-14(18)10-6-5-7-11(15)8-10/h1,5-8,12-13H,4H2,2H3,(H,17,18). The maximum absolute atomic E-state index is 11.9. The Bertz CT molecular complexity index is 531. The van der Waals surface area contributed by atoms with Gasteiger partial charge in [-0.05, 0) is 24.6 Å². The Morgan fingerprint density at radius 3 is 2.89 bits per heavy atom.